The molecule has 0 aliphatic carbocycles. The average Bonchev–Trinajstić information content (AvgIpc) is 3.10. The number of carbonyl (C=O) groups excluding carboxylic acids is 1. The second-order valence-electron chi connectivity index (χ2n) is 6.20. The Balaban J connectivity index is 1.59. The molecule has 3 rings (SSSR count). The molecule has 0 spiro atoms. The van der Waals surface area contributed by atoms with E-state index in [0.717, 1.165) is 36.1 Å². The minimum atomic E-state index is -0.0805. The molecule has 27 heavy (non-hydrogen) atoms. The quantitative estimate of drug-likeness (QED) is 0.430. The van der Waals surface area contributed by atoms with E-state index in [9.17, 15) is 4.79 Å². The van der Waals surface area contributed by atoms with Crippen LogP contribution in [0, 0.1) is 0 Å². The zero-order valence-electron chi connectivity index (χ0n) is 14.8. The highest BCUT2D eigenvalue weighted by Gasteiger charge is 2.10. The van der Waals surface area contributed by atoms with E-state index in [-0.39, 0.29) is 5.91 Å². The highest BCUT2D eigenvalue weighted by Crippen LogP contribution is 2.25. The third kappa shape index (κ3) is 5.77. The van der Waals surface area contributed by atoms with Crippen LogP contribution < -0.4 is 11.1 Å². The second kappa shape index (κ2) is 9.48. The summed E-state index contributed by atoms with van der Waals surface area (Å²) in [7, 11) is 0. The molecule has 2 aromatic heterocycles. The van der Waals surface area contributed by atoms with Crippen molar-refractivity contribution in [1.82, 2.24) is 9.97 Å². The topological polar surface area (TPSA) is 80.9 Å². The van der Waals surface area contributed by atoms with Gasteiger partial charge in [0.25, 0.3) is 0 Å². The SMILES string of the molecule is Nc1cc(-c2csc(NC(=O)Cc3cccc(CCCCCl)c3)n2)ccn1. The Hall–Kier alpha value is -2.44. The molecule has 5 nitrogen and oxygen atoms in total. The van der Waals surface area contributed by atoms with Crippen molar-refractivity contribution in [2.24, 2.45) is 0 Å². The Morgan fingerprint density at radius 2 is 2.04 bits per heavy atom. The number of aryl methyl sites for hydroxylation is 1. The molecule has 0 radical (unpaired) electrons. The smallest absolute Gasteiger partial charge is 0.230 e. The third-order valence-electron chi connectivity index (χ3n) is 4.03. The lowest BCUT2D eigenvalue weighted by atomic mass is 10.0. The van der Waals surface area contributed by atoms with Gasteiger partial charge in [-0.25, -0.2) is 9.97 Å². The van der Waals surface area contributed by atoms with Gasteiger partial charge in [-0.05, 0) is 42.5 Å². The average molecular weight is 401 g/mol. The van der Waals surface area contributed by atoms with E-state index >= 15 is 0 Å². The van der Waals surface area contributed by atoms with Gasteiger partial charge in [0.1, 0.15) is 5.82 Å². The van der Waals surface area contributed by atoms with Crippen LogP contribution in [0.4, 0.5) is 10.9 Å². The molecule has 0 saturated carbocycles. The van der Waals surface area contributed by atoms with E-state index in [1.54, 1.807) is 12.3 Å². The molecule has 140 valence electrons. The van der Waals surface area contributed by atoms with Crippen molar-refractivity contribution >= 4 is 39.8 Å². The minimum absolute atomic E-state index is 0.0805. The number of alkyl halides is 1. The number of anilines is 2. The molecule has 1 aromatic carbocycles. The van der Waals surface area contributed by atoms with Crippen molar-refractivity contribution in [2.75, 3.05) is 16.9 Å². The zero-order valence-corrected chi connectivity index (χ0v) is 16.4. The molecular formula is C20H21ClN4OS. The highest BCUT2D eigenvalue weighted by atomic mass is 35.5. The lowest BCUT2D eigenvalue weighted by Gasteiger charge is -2.05. The number of halogens is 1. The van der Waals surface area contributed by atoms with Crippen LogP contribution in [0.15, 0.2) is 48.0 Å². The van der Waals surface area contributed by atoms with Crippen molar-refractivity contribution in [2.45, 2.75) is 25.7 Å². The molecule has 7 heteroatoms. The lowest BCUT2D eigenvalue weighted by Crippen LogP contribution is -2.14. The summed E-state index contributed by atoms with van der Waals surface area (Å²) in [5.74, 6) is 1.05. The molecule has 0 aliphatic rings. The number of nitrogen functional groups attached to an aromatic ring is 1. The second-order valence-corrected chi connectivity index (χ2v) is 7.43. The van der Waals surface area contributed by atoms with Crippen molar-refractivity contribution < 1.29 is 4.79 Å². The number of hydrogen-bond acceptors (Lipinski definition) is 5. The molecular weight excluding hydrogens is 380 g/mol. The van der Waals surface area contributed by atoms with E-state index in [4.69, 9.17) is 17.3 Å². The normalized spacial score (nSPS) is 10.7. The number of thiazole rings is 1. The van der Waals surface area contributed by atoms with Crippen LogP contribution in [0.2, 0.25) is 0 Å². The fourth-order valence-electron chi connectivity index (χ4n) is 2.74. The maximum Gasteiger partial charge on any atom is 0.230 e. The number of nitrogens with zero attached hydrogens (tertiary/aromatic N) is 2. The van der Waals surface area contributed by atoms with E-state index in [0.29, 0.717) is 23.3 Å². The number of rotatable bonds is 8. The predicted octanol–water partition coefficient (Wildman–Crippen LogP) is 4.53. The van der Waals surface area contributed by atoms with E-state index < -0.39 is 0 Å². The van der Waals surface area contributed by atoms with Gasteiger partial charge < -0.3 is 11.1 Å². The number of pyridine rings is 1. The van der Waals surface area contributed by atoms with E-state index in [2.05, 4.69) is 27.4 Å². The monoisotopic (exact) mass is 400 g/mol. The summed E-state index contributed by atoms with van der Waals surface area (Å²) in [6.45, 7) is 0. The van der Waals surface area contributed by atoms with Crippen molar-refractivity contribution in [3.63, 3.8) is 0 Å². The van der Waals surface area contributed by atoms with Crippen LogP contribution in [0.3, 0.4) is 0 Å². The number of nitrogens with two attached hydrogens (primary N) is 1. The number of unbranched alkanes of at least 4 members (excludes halogenated alkanes) is 1. The molecule has 0 bridgehead atoms. The van der Waals surface area contributed by atoms with Crippen LogP contribution in [0.5, 0.6) is 0 Å². The summed E-state index contributed by atoms with van der Waals surface area (Å²) < 4.78 is 0. The molecule has 3 aromatic rings. The van der Waals surface area contributed by atoms with Crippen LogP contribution >= 0.6 is 22.9 Å². The van der Waals surface area contributed by atoms with Crippen LogP contribution in [0.1, 0.15) is 24.0 Å². The Labute approximate surface area is 167 Å². The fourth-order valence-corrected chi connectivity index (χ4v) is 3.66. The molecule has 0 fully saturated rings. The van der Waals surface area contributed by atoms with Gasteiger partial charge in [-0.3, -0.25) is 4.79 Å². The maximum absolute atomic E-state index is 12.4. The summed E-state index contributed by atoms with van der Waals surface area (Å²) >= 11 is 7.12. The summed E-state index contributed by atoms with van der Waals surface area (Å²) in [5.41, 5.74) is 9.58. The van der Waals surface area contributed by atoms with Crippen molar-refractivity contribution in [3.8, 4) is 11.3 Å². The van der Waals surface area contributed by atoms with E-state index in [1.165, 1.54) is 16.9 Å². The molecule has 0 saturated heterocycles. The van der Waals surface area contributed by atoms with Crippen molar-refractivity contribution in [1.29, 1.82) is 0 Å². The van der Waals surface area contributed by atoms with Gasteiger partial charge in [-0.1, -0.05) is 24.3 Å². The summed E-state index contributed by atoms with van der Waals surface area (Å²) in [6.07, 6.45) is 5.00. The molecule has 0 aliphatic heterocycles. The number of benzene rings is 1. The number of amides is 1. The van der Waals surface area contributed by atoms with Crippen LogP contribution in [-0.4, -0.2) is 21.8 Å². The standard InChI is InChI=1S/C20H21ClN4OS/c21-8-2-1-4-14-5-3-6-15(10-14)11-19(26)25-20-24-17(13-27-20)16-7-9-23-18(22)12-16/h3,5-7,9-10,12-13H,1-2,4,8,11H2,(H2,22,23)(H,24,25,26). The lowest BCUT2D eigenvalue weighted by molar-refractivity contribution is -0.115. The molecule has 2 heterocycles. The van der Waals surface area contributed by atoms with Gasteiger partial charge in [-0.15, -0.1) is 22.9 Å². The third-order valence-corrected chi connectivity index (χ3v) is 5.06. The summed E-state index contributed by atoms with van der Waals surface area (Å²) in [5, 5.41) is 5.33. The minimum Gasteiger partial charge on any atom is -0.384 e. The van der Waals surface area contributed by atoms with Gasteiger partial charge >= 0.3 is 0 Å². The molecule has 3 N–H and O–H groups in total. The Morgan fingerprint density at radius 1 is 1.19 bits per heavy atom. The predicted molar refractivity (Wildman–Crippen MR) is 112 cm³/mol. The number of carbonyl (C=O) groups is 1. The van der Waals surface area contributed by atoms with Crippen molar-refractivity contribution in [3.05, 3.63) is 59.1 Å². The number of aromatic nitrogens is 2. The molecule has 0 unspecified atom stereocenters. The first-order valence-corrected chi connectivity index (χ1v) is 10.2. The van der Waals surface area contributed by atoms with Gasteiger partial charge in [0.15, 0.2) is 5.13 Å². The van der Waals surface area contributed by atoms with E-state index in [1.807, 2.05) is 23.6 Å². The summed E-state index contributed by atoms with van der Waals surface area (Å²) in [4.78, 5) is 20.8. The van der Waals surface area contributed by atoms with Gasteiger partial charge in [-0.2, -0.15) is 0 Å². The van der Waals surface area contributed by atoms with Gasteiger partial charge in [0.2, 0.25) is 5.91 Å². The van der Waals surface area contributed by atoms with Gasteiger partial charge in [0.05, 0.1) is 12.1 Å². The fraction of sp³-hybridized carbons (Fsp3) is 0.250. The molecule has 0 atom stereocenters. The zero-order chi connectivity index (χ0) is 19.1. The molecule has 1 amide bonds. The highest BCUT2D eigenvalue weighted by molar-refractivity contribution is 7.14. The van der Waals surface area contributed by atoms with Crippen LogP contribution in [0.25, 0.3) is 11.3 Å². The number of nitrogens with one attached hydrogen (secondary N) is 1. The van der Waals surface area contributed by atoms with Gasteiger partial charge in [0, 0.05) is 23.0 Å². The Morgan fingerprint density at radius 3 is 2.85 bits per heavy atom. The number of hydrogen-bond donors (Lipinski definition) is 2. The first-order valence-electron chi connectivity index (χ1n) is 8.75. The largest absolute Gasteiger partial charge is 0.384 e. The Bertz CT molecular complexity index is 912. The Kier molecular flexibility index (Phi) is 6.79. The first-order chi connectivity index (χ1) is 13.1. The first kappa shape index (κ1) is 19.3. The summed E-state index contributed by atoms with van der Waals surface area (Å²) in [6, 6.07) is 11.7. The maximum atomic E-state index is 12.4. The van der Waals surface area contributed by atoms with Crippen LogP contribution in [-0.2, 0) is 17.6 Å².